The summed E-state index contributed by atoms with van der Waals surface area (Å²) in [5.41, 5.74) is 9.75. The first-order valence-corrected chi connectivity index (χ1v) is 11.7. The Hall–Kier alpha value is -3.88. The van der Waals surface area contributed by atoms with Crippen LogP contribution < -0.4 is 16.4 Å². The fraction of sp³-hybridized carbons (Fsp3) is 0.259. The first kappa shape index (κ1) is 20.5. The first-order chi connectivity index (χ1) is 16.9. The third-order valence-electron chi connectivity index (χ3n) is 8.27. The molecule has 8 heteroatoms. The molecule has 0 spiro atoms. The number of amides is 2. The van der Waals surface area contributed by atoms with Gasteiger partial charge < -0.3 is 30.2 Å². The van der Waals surface area contributed by atoms with Gasteiger partial charge >= 0.3 is 0 Å². The Balaban J connectivity index is 1.87. The zero-order chi connectivity index (χ0) is 24.3. The highest BCUT2D eigenvalue weighted by Gasteiger charge is 2.56. The Morgan fingerprint density at radius 2 is 1.71 bits per heavy atom. The van der Waals surface area contributed by atoms with Crippen LogP contribution in [-0.2, 0) is 28.3 Å². The molecule has 8 nitrogen and oxygen atoms in total. The maximum atomic E-state index is 13.6. The molecule has 3 aromatic carbocycles. The highest BCUT2D eigenvalue weighted by Crippen LogP contribution is 2.50. The number of hydrogen-bond acceptors (Lipinski definition) is 4. The number of rotatable bonds is 2. The lowest BCUT2D eigenvalue weighted by Crippen LogP contribution is -2.69. The molecule has 2 aliphatic rings. The van der Waals surface area contributed by atoms with E-state index in [0.717, 1.165) is 49.2 Å². The summed E-state index contributed by atoms with van der Waals surface area (Å²) in [6, 6.07) is 16.1. The monoisotopic (exact) mass is 467 g/mol. The van der Waals surface area contributed by atoms with Gasteiger partial charge in [-0.3, -0.25) is 9.59 Å². The van der Waals surface area contributed by atoms with Gasteiger partial charge in [0.1, 0.15) is 0 Å². The Morgan fingerprint density at radius 1 is 1.06 bits per heavy atom. The molecule has 0 unspecified atom stereocenters. The van der Waals surface area contributed by atoms with Crippen molar-refractivity contribution in [3.63, 3.8) is 0 Å². The average Bonchev–Trinajstić information content (AvgIpc) is 3.51. The molecule has 2 aliphatic heterocycles. The molecule has 4 heterocycles. The van der Waals surface area contributed by atoms with Crippen LogP contribution in [0.25, 0.3) is 43.6 Å². The number of carbonyl (C=O) groups excluding carboxylic acids is 2. The summed E-state index contributed by atoms with van der Waals surface area (Å²) in [5, 5.41) is 9.69. The molecule has 2 atom stereocenters. The summed E-state index contributed by atoms with van der Waals surface area (Å²) in [5.74, 6) is -0.400. The normalized spacial score (nSPS) is 23.4. The van der Waals surface area contributed by atoms with Gasteiger partial charge in [0.25, 0.3) is 5.91 Å². The van der Waals surface area contributed by atoms with Gasteiger partial charge in [-0.2, -0.15) is 0 Å². The number of nitrogens with zero attached hydrogens (tertiary/aromatic N) is 2. The van der Waals surface area contributed by atoms with E-state index in [9.17, 15) is 9.59 Å². The molecular formula is C27H25N5O3. The van der Waals surface area contributed by atoms with Gasteiger partial charge in [0.05, 0.1) is 28.7 Å². The van der Waals surface area contributed by atoms with Gasteiger partial charge in [0.15, 0.2) is 11.3 Å². The summed E-state index contributed by atoms with van der Waals surface area (Å²) in [6.45, 7) is 2.50. The average molecular weight is 468 g/mol. The number of ether oxygens (including phenoxy) is 1. The number of carbonyl (C=O) groups is 2. The van der Waals surface area contributed by atoms with Gasteiger partial charge in [-0.05, 0) is 24.6 Å². The molecule has 35 heavy (non-hydrogen) atoms. The Bertz CT molecular complexity index is 1780. The summed E-state index contributed by atoms with van der Waals surface area (Å²) < 4.78 is 10.4. The second-order valence-electron chi connectivity index (χ2n) is 9.68. The maximum Gasteiger partial charge on any atom is 0.252 e. The number of hydrogen-bond donors (Lipinski definition) is 3. The predicted octanol–water partition coefficient (Wildman–Crippen LogP) is 2.92. The van der Waals surface area contributed by atoms with Crippen LogP contribution in [0.1, 0.15) is 22.8 Å². The molecule has 176 valence electrons. The second-order valence-corrected chi connectivity index (χ2v) is 9.68. The molecule has 0 saturated heterocycles. The number of fused-ring (bicyclic) bond motifs is 9. The highest BCUT2D eigenvalue weighted by molar-refractivity contribution is 6.31. The highest BCUT2D eigenvalue weighted by atomic mass is 16.5. The number of nitrogens with two attached hydrogens (primary N) is 1. The smallest absolute Gasteiger partial charge is 0.252 e. The molecule has 0 fully saturated rings. The Morgan fingerprint density at radius 3 is 2.40 bits per heavy atom. The fourth-order valence-electron chi connectivity index (χ4n) is 6.51. The molecule has 2 aromatic heterocycles. The largest absolute Gasteiger partial charge is 0.357 e. The lowest BCUT2D eigenvalue weighted by atomic mass is 9.86. The van der Waals surface area contributed by atoms with E-state index in [-0.39, 0.29) is 18.4 Å². The number of aromatic nitrogens is 2. The van der Waals surface area contributed by atoms with Crippen molar-refractivity contribution in [1.82, 2.24) is 19.8 Å². The standard InChI is InChI=1S/C27H25N5O3/c1-26(35-3)27(28,25(34)29-2)13-31-17-10-6-4-8-14(17)20-21-16(12-30-24(21)33)19-15-9-5-7-11-18(15)32(26)23(19)22(20)31/h4-11H,12-13,28H2,1-3H3,(H,29,34)(H,30,33)/t26-,27+/m0/s1. The topological polar surface area (TPSA) is 103 Å². The van der Waals surface area contributed by atoms with Gasteiger partial charge in [0.2, 0.25) is 5.91 Å². The molecule has 7 rings (SSSR count). The zero-order valence-electron chi connectivity index (χ0n) is 19.7. The van der Waals surface area contributed by atoms with Crippen molar-refractivity contribution >= 4 is 55.4 Å². The van der Waals surface area contributed by atoms with E-state index in [4.69, 9.17) is 10.5 Å². The molecule has 0 bridgehead atoms. The Kier molecular flexibility index (Phi) is 3.75. The first-order valence-electron chi connectivity index (χ1n) is 11.7. The van der Waals surface area contributed by atoms with Gasteiger partial charge in [-0.1, -0.05) is 36.4 Å². The minimum Gasteiger partial charge on any atom is -0.357 e. The SMILES string of the molecule is CNC(=O)[C@]1(N)Cn2c3ccccc3c3c4c(c5c6ccccc6n(c5c32)[C@@]1(C)OC)CNC4=O. The van der Waals surface area contributed by atoms with Gasteiger partial charge in [0, 0.05) is 47.8 Å². The number of methoxy groups -OCH3 is 1. The third-order valence-corrected chi connectivity index (χ3v) is 8.27. The van der Waals surface area contributed by atoms with Crippen LogP contribution in [0.15, 0.2) is 48.5 Å². The van der Waals surface area contributed by atoms with Crippen molar-refractivity contribution in [2.45, 2.75) is 31.3 Å². The van der Waals surface area contributed by atoms with E-state index in [1.165, 1.54) is 0 Å². The third kappa shape index (κ3) is 2.11. The lowest BCUT2D eigenvalue weighted by Gasteiger charge is -2.44. The van der Waals surface area contributed by atoms with Crippen molar-refractivity contribution in [3.05, 3.63) is 59.7 Å². The van der Waals surface area contributed by atoms with E-state index >= 15 is 0 Å². The van der Waals surface area contributed by atoms with Crippen LogP contribution >= 0.6 is 0 Å². The van der Waals surface area contributed by atoms with E-state index in [0.29, 0.717) is 12.1 Å². The molecule has 0 radical (unpaired) electrons. The zero-order valence-corrected chi connectivity index (χ0v) is 19.7. The minimum absolute atomic E-state index is 0.0781. The summed E-state index contributed by atoms with van der Waals surface area (Å²) in [7, 11) is 3.19. The fourth-order valence-corrected chi connectivity index (χ4v) is 6.51. The van der Waals surface area contributed by atoms with Crippen molar-refractivity contribution in [2.75, 3.05) is 14.2 Å². The van der Waals surface area contributed by atoms with Gasteiger partial charge in [-0.25, -0.2) is 0 Å². The minimum atomic E-state index is -1.47. The second kappa shape index (κ2) is 6.41. The van der Waals surface area contributed by atoms with Crippen LogP contribution in [-0.4, -0.2) is 40.6 Å². The molecule has 0 saturated carbocycles. The van der Waals surface area contributed by atoms with Crippen molar-refractivity contribution in [1.29, 1.82) is 0 Å². The van der Waals surface area contributed by atoms with E-state index < -0.39 is 11.3 Å². The summed E-state index contributed by atoms with van der Waals surface area (Å²) in [6.07, 6.45) is 0. The predicted molar refractivity (Wildman–Crippen MR) is 135 cm³/mol. The quantitative estimate of drug-likeness (QED) is 0.371. The molecular weight excluding hydrogens is 442 g/mol. The lowest BCUT2D eigenvalue weighted by molar-refractivity contribution is -0.155. The van der Waals surface area contributed by atoms with E-state index in [1.807, 2.05) is 49.4 Å². The Labute approximate surface area is 200 Å². The molecule has 2 amide bonds. The maximum absolute atomic E-state index is 13.6. The van der Waals surface area contributed by atoms with Gasteiger partial charge in [-0.15, -0.1) is 0 Å². The van der Waals surface area contributed by atoms with E-state index in [1.54, 1.807) is 14.2 Å². The van der Waals surface area contributed by atoms with Crippen molar-refractivity contribution in [3.8, 4) is 0 Å². The summed E-state index contributed by atoms with van der Waals surface area (Å²) >= 11 is 0. The number of benzene rings is 3. The van der Waals surface area contributed by atoms with E-state index in [2.05, 4.69) is 25.8 Å². The van der Waals surface area contributed by atoms with Crippen LogP contribution in [0.2, 0.25) is 0 Å². The van der Waals surface area contributed by atoms with Crippen LogP contribution in [0.4, 0.5) is 0 Å². The van der Waals surface area contributed by atoms with Crippen molar-refractivity contribution < 1.29 is 14.3 Å². The van der Waals surface area contributed by atoms with Crippen LogP contribution in [0.5, 0.6) is 0 Å². The van der Waals surface area contributed by atoms with Crippen molar-refractivity contribution in [2.24, 2.45) is 5.73 Å². The van der Waals surface area contributed by atoms with Crippen LogP contribution in [0, 0.1) is 0 Å². The number of para-hydroxylation sites is 2. The van der Waals surface area contributed by atoms with Crippen LogP contribution in [0.3, 0.4) is 0 Å². The molecule has 0 aliphatic carbocycles. The summed E-state index contributed by atoms with van der Waals surface area (Å²) in [4.78, 5) is 26.8. The molecule has 5 aromatic rings. The number of nitrogens with one attached hydrogen (secondary N) is 2. The number of likely N-dealkylation sites (N-methyl/N-ethyl adjacent to an activating group) is 1. The molecule has 4 N–H and O–H groups in total.